The Morgan fingerprint density at radius 1 is 0.696 bits per heavy atom. The van der Waals surface area contributed by atoms with Crippen molar-refractivity contribution in [3.05, 3.63) is 114 Å². The van der Waals surface area contributed by atoms with Crippen LogP contribution in [0.1, 0.15) is 22.7 Å². The summed E-state index contributed by atoms with van der Waals surface area (Å²) in [6, 6.07) is 34.0. The van der Waals surface area contributed by atoms with Crippen LogP contribution in [-0.2, 0) is 6.54 Å². The molecule has 1 nitrogen and oxygen atoms in total. The Bertz CT molecular complexity index is 682. The minimum atomic E-state index is 0. The predicted octanol–water partition coefficient (Wildman–Crippen LogP) is 1.83. The molecular weight excluding hydrogens is 273 g/mol. The molecule has 1 aliphatic rings. The van der Waals surface area contributed by atoms with Gasteiger partial charge in [0.1, 0.15) is 0 Å². The topological polar surface area (TPSA) is 3.01 Å². The van der Waals surface area contributed by atoms with Crippen LogP contribution in [0.5, 0.6) is 0 Å². The molecule has 3 aromatic carbocycles. The van der Waals surface area contributed by atoms with Gasteiger partial charge in [-0.1, -0.05) is 72.8 Å². The molecule has 108 valence electrons. The van der Waals surface area contributed by atoms with Gasteiger partial charge >= 0.3 is 18.9 Å². The van der Waals surface area contributed by atoms with Gasteiger partial charge in [0.25, 0.3) is 0 Å². The molecule has 1 unspecified atom stereocenters. The van der Waals surface area contributed by atoms with Crippen molar-refractivity contribution in [1.29, 1.82) is 0 Å². The van der Waals surface area contributed by atoms with Gasteiger partial charge in [0.15, 0.2) is 0 Å². The molecular formula is C21H18LiN. The number of hydrogen-bond donors (Lipinski definition) is 0. The van der Waals surface area contributed by atoms with Crippen molar-refractivity contribution in [3.8, 4) is 0 Å². The van der Waals surface area contributed by atoms with Crippen molar-refractivity contribution in [3.63, 3.8) is 0 Å². The maximum Gasteiger partial charge on any atom is 1.00 e. The van der Waals surface area contributed by atoms with Gasteiger partial charge in [-0.3, -0.25) is 0 Å². The second-order valence-corrected chi connectivity index (χ2v) is 5.68. The summed E-state index contributed by atoms with van der Waals surface area (Å²) in [4.78, 5) is 2.49. The fraction of sp³-hybridized carbons (Fsp3) is 0.0952. The Balaban J connectivity index is 0.00000156. The van der Waals surface area contributed by atoms with E-state index in [1.165, 1.54) is 22.7 Å². The zero-order chi connectivity index (χ0) is 14.8. The molecule has 2 atom stereocenters. The molecule has 0 amide bonds. The first-order valence-corrected chi connectivity index (χ1v) is 7.71. The third kappa shape index (κ3) is 3.38. The summed E-state index contributed by atoms with van der Waals surface area (Å²) in [6.07, 6.45) is 0. The van der Waals surface area contributed by atoms with Gasteiger partial charge in [-0.25, -0.2) is 0 Å². The fourth-order valence-electron chi connectivity index (χ4n) is 3.10. The van der Waals surface area contributed by atoms with Crippen molar-refractivity contribution in [2.24, 2.45) is 0 Å². The second kappa shape index (κ2) is 7.11. The molecule has 1 saturated heterocycles. The first-order valence-electron chi connectivity index (χ1n) is 7.71. The third-order valence-electron chi connectivity index (χ3n) is 4.19. The van der Waals surface area contributed by atoms with E-state index in [1.807, 2.05) is 0 Å². The van der Waals surface area contributed by atoms with E-state index in [4.69, 9.17) is 0 Å². The first-order chi connectivity index (χ1) is 10.9. The summed E-state index contributed by atoms with van der Waals surface area (Å²) in [5.74, 6) is 0. The number of nitrogens with zero attached hydrogens (tertiary/aromatic N) is 1. The van der Waals surface area contributed by atoms with Crippen molar-refractivity contribution < 1.29 is 18.9 Å². The van der Waals surface area contributed by atoms with Crippen LogP contribution in [0.15, 0.2) is 91.0 Å². The molecule has 0 aromatic heterocycles. The molecule has 1 heterocycles. The molecule has 23 heavy (non-hydrogen) atoms. The van der Waals surface area contributed by atoms with Crippen LogP contribution < -0.4 is 18.9 Å². The van der Waals surface area contributed by atoms with Crippen molar-refractivity contribution in [1.82, 2.24) is 4.90 Å². The van der Waals surface area contributed by atoms with E-state index in [0.29, 0.717) is 6.04 Å². The van der Waals surface area contributed by atoms with Gasteiger partial charge in [0.05, 0.1) is 0 Å². The Morgan fingerprint density at radius 3 is 1.83 bits per heavy atom. The number of benzene rings is 3. The van der Waals surface area contributed by atoms with Gasteiger partial charge in [-0.2, -0.15) is 17.7 Å². The maximum absolute atomic E-state index is 2.49. The second-order valence-electron chi connectivity index (χ2n) is 5.68. The standard InChI is InChI=1S/C21H18N.Li/c1-4-10-17(11-5-1)16-22-20(18-12-6-2-7-13-18)21(22)19-14-8-3-9-15-19;/h1-15,20H,16H2;/q-1;+1/t20-,22?;/m0./s1. The molecule has 0 bridgehead atoms. The molecule has 0 radical (unpaired) electrons. The Kier molecular flexibility index (Phi) is 4.93. The summed E-state index contributed by atoms with van der Waals surface area (Å²) in [5, 5.41) is 0. The Hall–Kier alpha value is -1.91. The average Bonchev–Trinajstić information content (AvgIpc) is 3.31. The summed E-state index contributed by atoms with van der Waals surface area (Å²) in [7, 11) is 0. The van der Waals surface area contributed by atoms with Crippen LogP contribution >= 0.6 is 0 Å². The quantitative estimate of drug-likeness (QED) is 0.403. The van der Waals surface area contributed by atoms with Gasteiger partial charge < -0.3 is 4.90 Å². The largest absolute Gasteiger partial charge is 1.00 e. The van der Waals surface area contributed by atoms with E-state index in [2.05, 4.69) is 95.9 Å². The van der Waals surface area contributed by atoms with Gasteiger partial charge in [0, 0.05) is 12.6 Å². The van der Waals surface area contributed by atoms with Crippen molar-refractivity contribution >= 4 is 0 Å². The molecule has 0 spiro atoms. The molecule has 4 rings (SSSR count). The van der Waals surface area contributed by atoms with E-state index >= 15 is 0 Å². The summed E-state index contributed by atoms with van der Waals surface area (Å²) < 4.78 is 0. The smallest absolute Gasteiger partial charge is 0.323 e. The summed E-state index contributed by atoms with van der Waals surface area (Å²) in [5.41, 5.74) is 4.05. The van der Waals surface area contributed by atoms with Crippen molar-refractivity contribution in [2.75, 3.05) is 0 Å². The van der Waals surface area contributed by atoms with Gasteiger partial charge in [0.2, 0.25) is 0 Å². The van der Waals surface area contributed by atoms with Crippen LogP contribution in [0.25, 0.3) is 0 Å². The van der Waals surface area contributed by atoms with E-state index < -0.39 is 0 Å². The first kappa shape index (κ1) is 16.0. The van der Waals surface area contributed by atoms with E-state index in [0.717, 1.165) is 6.54 Å². The average molecular weight is 291 g/mol. The van der Waals surface area contributed by atoms with Crippen LogP contribution in [0, 0.1) is 6.04 Å². The predicted molar refractivity (Wildman–Crippen MR) is 90.0 cm³/mol. The third-order valence-corrected chi connectivity index (χ3v) is 4.19. The van der Waals surface area contributed by atoms with Crippen LogP contribution in [0.4, 0.5) is 0 Å². The number of rotatable bonds is 4. The summed E-state index contributed by atoms with van der Waals surface area (Å²) >= 11 is 0. The zero-order valence-electron chi connectivity index (χ0n) is 13.4. The fourth-order valence-corrected chi connectivity index (χ4v) is 3.10. The normalized spacial score (nSPS) is 19.0. The van der Waals surface area contributed by atoms with E-state index in [1.54, 1.807) is 0 Å². The molecule has 3 aromatic rings. The minimum Gasteiger partial charge on any atom is -0.323 e. The molecule has 0 aliphatic carbocycles. The number of hydrogen-bond acceptors (Lipinski definition) is 1. The monoisotopic (exact) mass is 291 g/mol. The minimum absolute atomic E-state index is 0. The van der Waals surface area contributed by atoms with Crippen LogP contribution in [-0.4, -0.2) is 4.90 Å². The molecule has 0 N–H and O–H groups in total. The van der Waals surface area contributed by atoms with Crippen LogP contribution in [0.2, 0.25) is 0 Å². The van der Waals surface area contributed by atoms with E-state index in [-0.39, 0.29) is 18.9 Å². The van der Waals surface area contributed by atoms with Crippen molar-refractivity contribution in [2.45, 2.75) is 12.6 Å². The molecule has 1 fully saturated rings. The Labute approximate surface area is 150 Å². The van der Waals surface area contributed by atoms with Gasteiger partial charge in [-0.15, -0.1) is 12.1 Å². The van der Waals surface area contributed by atoms with Crippen LogP contribution in [0.3, 0.4) is 0 Å². The SMILES string of the molecule is [Li+].c1ccc(CN2[C-](c3ccccc3)[C@@H]2c2ccccc2)cc1. The molecule has 1 aliphatic heterocycles. The zero-order valence-corrected chi connectivity index (χ0v) is 13.4. The van der Waals surface area contributed by atoms with Gasteiger partial charge in [-0.05, 0) is 11.1 Å². The summed E-state index contributed by atoms with van der Waals surface area (Å²) in [6.45, 7) is 0.963. The molecule has 0 saturated carbocycles. The molecule has 2 heteroatoms. The Morgan fingerprint density at radius 2 is 1.22 bits per heavy atom. The maximum atomic E-state index is 2.49. The van der Waals surface area contributed by atoms with E-state index in [9.17, 15) is 0 Å².